The number of phenols is 1. The number of hydrogen-bond acceptors (Lipinski definition) is 3. The van der Waals surface area contributed by atoms with Gasteiger partial charge in [0.05, 0.1) is 0 Å². The van der Waals surface area contributed by atoms with Crippen LogP contribution in [-0.2, 0) is 16.1 Å². The van der Waals surface area contributed by atoms with Crippen LogP contribution in [0.15, 0.2) is 54.6 Å². The lowest BCUT2D eigenvalue weighted by molar-refractivity contribution is -0.142. The fraction of sp³-hybridized carbons (Fsp3) is 0.125. The fourth-order valence-electron chi connectivity index (χ4n) is 1.83. The maximum atomic E-state index is 12.0. The van der Waals surface area contributed by atoms with Crippen molar-refractivity contribution >= 4 is 17.5 Å². The first-order valence-corrected chi connectivity index (χ1v) is 6.45. The molecule has 2 aromatic rings. The minimum absolute atomic E-state index is 0.0977. The highest BCUT2D eigenvalue weighted by Gasteiger charge is 2.18. The number of phenolic OH excluding ortho intramolecular Hbond substituents is 1. The van der Waals surface area contributed by atoms with E-state index in [-0.39, 0.29) is 5.75 Å². The first-order chi connectivity index (χ1) is 10.1. The smallest absolute Gasteiger partial charge is 0.313 e. The summed E-state index contributed by atoms with van der Waals surface area (Å²) in [7, 11) is 1.58. The molecule has 0 saturated carbocycles. The molecule has 0 radical (unpaired) electrons. The van der Waals surface area contributed by atoms with Crippen LogP contribution in [0.4, 0.5) is 5.69 Å². The third kappa shape index (κ3) is 4.07. The third-order valence-corrected chi connectivity index (χ3v) is 2.93. The average molecular weight is 284 g/mol. The van der Waals surface area contributed by atoms with Gasteiger partial charge in [-0.1, -0.05) is 30.3 Å². The molecule has 0 aliphatic carbocycles. The van der Waals surface area contributed by atoms with Gasteiger partial charge in [0.1, 0.15) is 5.75 Å². The number of aromatic hydroxyl groups is 1. The summed E-state index contributed by atoms with van der Waals surface area (Å²) in [6, 6.07) is 15.4. The number of nitrogens with zero attached hydrogens (tertiary/aromatic N) is 1. The first-order valence-electron chi connectivity index (χ1n) is 6.45. The van der Waals surface area contributed by atoms with Crippen molar-refractivity contribution in [3.05, 3.63) is 60.2 Å². The van der Waals surface area contributed by atoms with Gasteiger partial charge in [-0.2, -0.15) is 0 Å². The molecule has 0 aliphatic rings. The highest BCUT2D eigenvalue weighted by atomic mass is 16.3. The molecule has 0 unspecified atom stereocenters. The number of amides is 2. The first kappa shape index (κ1) is 14.6. The molecule has 0 aromatic heterocycles. The summed E-state index contributed by atoms with van der Waals surface area (Å²) in [6.07, 6.45) is 0. The summed E-state index contributed by atoms with van der Waals surface area (Å²) < 4.78 is 0. The molecule has 2 N–H and O–H groups in total. The van der Waals surface area contributed by atoms with Gasteiger partial charge in [-0.3, -0.25) is 9.59 Å². The molecular formula is C16H16N2O3. The number of likely N-dealkylation sites (N-methyl/N-ethyl adjacent to an activating group) is 1. The van der Waals surface area contributed by atoms with E-state index in [0.717, 1.165) is 5.56 Å². The van der Waals surface area contributed by atoms with Crippen molar-refractivity contribution in [2.45, 2.75) is 6.54 Å². The Morgan fingerprint density at radius 2 is 1.67 bits per heavy atom. The zero-order chi connectivity index (χ0) is 15.2. The molecule has 2 rings (SSSR count). The minimum Gasteiger partial charge on any atom is -0.508 e. The SMILES string of the molecule is CN(Cc1ccccc1)C(=O)C(=O)Nc1ccc(O)cc1. The van der Waals surface area contributed by atoms with Crippen molar-refractivity contribution in [1.29, 1.82) is 0 Å². The Morgan fingerprint density at radius 1 is 1.05 bits per heavy atom. The number of rotatable bonds is 3. The molecule has 0 heterocycles. The largest absolute Gasteiger partial charge is 0.508 e. The Labute approximate surface area is 122 Å². The van der Waals surface area contributed by atoms with Crippen LogP contribution in [0, 0.1) is 0 Å². The van der Waals surface area contributed by atoms with Gasteiger partial charge < -0.3 is 15.3 Å². The summed E-state index contributed by atoms with van der Waals surface area (Å²) in [5.74, 6) is -1.23. The van der Waals surface area contributed by atoms with Gasteiger partial charge in [-0.15, -0.1) is 0 Å². The van der Waals surface area contributed by atoms with Crippen molar-refractivity contribution in [2.24, 2.45) is 0 Å². The quantitative estimate of drug-likeness (QED) is 0.669. The molecule has 0 spiro atoms. The minimum atomic E-state index is -0.709. The molecule has 5 heteroatoms. The second kappa shape index (κ2) is 6.56. The van der Waals surface area contributed by atoms with Gasteiger partial charge in [0, 0.05) is 19.3 Å². The monoisotopic (exact) mass is 284 g/mol. The van der Waals surface area contributed by atoms with Crippen LogP contribution in [0.1, 0.15) is 5.56 Å². The summed E-state index contributed by atoms with van der Waals surface area (Å²) >= 11 is 0. The summed E-state index contributed by atoms with van der Waals surface area (Å²) in [5, 5.41) is 11.7. The van der Waals surface area contributed by atoms with Crippen LogP contribution < -0.4 is 5.32 Å². The number of anilines is 1. The van der Waals surface area contributed by atoms with E-state index < -0.39 is 11.8 Å². The van der Waals surface area contributed by atoms with Gasteiger partial charge in [0.2, 0.25) is 0 Å². The maximum Gasteiger partial charge on any atom is 0.313 e. The molecular weight excluding hydrogens is 268 g/mol. The molecule has 5 nitrogen and oxygen atoms in total. The Balaban J connectivity index is 1.95. The van der Waals surface area contributed by atoms with Crippen molar-refractivity contribution in [3.63, 3.8) is 0 Å². The second-order valence-electron chi connectivity index (χ2n) is 4.65. The van der Waals surface area contributed by atoms with Crippen molar-refractivity contribution in [1.82, 2.24) is 4.90 Å². The number of benzene rings is 2. The van der Waals surface area contributed by atoms with Crippen LogP contribution in [0.3, 0.4) is 0 Å². The Morgan fingerprint density at radius 3 is 2.29 bits per heavy atom. The molecule has 0 saturated heterocycles. The molecule has 2 aromatic carbocycles. The number of carbonyl (C=O) groups excluding carboxylic acids is 2. The molecule has 21 heavy (non-hydrogen) atoms. The molecule has 0 aliphatic heterocycles. The highest BCUT2D eigenvalue weighted by molar-refractivity contribution is 6.39. The highest BCUT2D eigenvalue weighted by Crippen LogP contribution is 2.13. The van der Waals surface area contributed by atoms with E-state index in [1.807, 2.05) is 30.3 Å². The van der Waals surface area contributed by atoms with Crippen molar-refractivity contribution in [2.75, 3.05) is 12.4 Å². The second-order valence-corrected chi connectivity index (χ2v) is 4.65. The van der Waals surface area contributed by atoms with E-state index in [1.165, 1.54) is 29.2 Å². The standard InChI is InChI=1S/C16H16N2O3/c1-18(11-12-5-3-2-4-6-12)16(21)15(20)17-13-7-9-14(19)10-8-13/h2-10,19H,11H2,1H3,(H,17,20). The van der Waals surface area contributed by atoms with Gasteiger partial charge in [-0.05, 0) is 29.8 Å². The Kier molecular flexibility index (Phi) is 4.56. The third-order valence-electron chi connectivity index (χ3n) is 2.93. The van der Waals surface area contributed by atoms with Crippen LogP contribution >= 0.6 is 0 Å². The van der Waals surface area contributed by atoms with Gasteiger partial charge in [-0.25, -0.2) is 0 Å². The van der Waals surface area contributed by atoms with E-state index in [2.05, 4.69) is 5.32 Å². The number of carbonyl (C=O) groups is 2. The summed E-state index contributed by atoms with van der Waals surface area (Å²) in [5.41, 5.74) is 1.41. The van der Waals surface area contributed by atoms with Crippen LogP contribution in [0.5, 0.6) is 5.75 Å². The number of hydrogen-bond donors (Lipinski definition) is 2. The average Bonchev–Trinajstić information content (AvgIpc) is 2.49. The normalized spacial score (nSPS) is 9.95. The van der Waals surface area contributed by atoms with Crippen LogP contribution in [0.2, 0.25) is 0 Å². The lowest BCUT2D eigenvalue weighted by Crippen LogP contribution is -2.36. The van der Waals surface area contributed by atoms with Gasteiger partial charge >= 0.3 is 11.8 Å². The van der Waals surface area contributed by atoms with Crippen LogP contribution in [-0.4, -0.2) is 28.9 Å². The van der Waals surface area contributed by atoms with Crippen molar-refractivity contribution < 1.29 is 14.7 Å². The van der Waals surface area contributed by atoms with E-state index in [0.29, 0.717) is 12.2 Å². The van der Waals surface area contributed by atoms with Gasteiger partial charge in [0.15, 0.2) is 0 Å². The fourth-order valence-corrected chi connectivity index (χ4v) is 1.83. The van der Waals surface area contributed by atoms with Crippen LogP contribution in [0.25, 0.3) is 0 Å². The molecule has 0 fully saturated rings. The lowest BCUT2D eigenvalue weighted by Gasteiger charge is -2.16. The van der Waals surface area contributed by atoms with E-state index >= 15 is 0 Å². The zero-order valence-electron chi connectivity index (χ0n) is 11.6. The molecule has 2 amide bonds. The van der Waals surface area contributed by atoms with Crippen molar-refractivity contribution in [3.8, 4) is 5.75 Å². The summed E-state index contributed by atoms with van der Waals surface area (Å²) in [6.45, 7) is 0.364. The summed E-state index contributed by atoms with van der Waals surface area (Å²) in [4.78, 5) is 25.2. The zero-order valence-corrected chi connectivity index (χ0v) is 11.6. The van der Waals surface area contributed by atoms with Gasteiger partial charge in [0.25, 0.3) is 0 Å². The Hall–Kier alpha value is -2.82. The molecule has 0 atom stereocenters. The Bertz CT molecular complexity index is 624. The molecule has 0 bridgehead atoms. The lowest BCUT2D eigenvalue weighted by atomic mass is 10.2. The van der Waals surface area contributed by atoms with E-state index in [9.17, 15) is 9.59 Å². The predicted octanol–water partition coefficient (Wildman–Crippen LogP) is 1.99. The van der Waals surface area contributed by atoms with E-state index in [1.54, 1.807) is 7.05 Å². The van der Waals surface area contributed by atoms with E-state index in [4.69, 9.17) is 5.11 Å². The molecule has 108 valence electrons. The predicted molar refractivity (Wildman–Crippen MR) is 79.7 cm³/mol. The topological polar surface area (TPSA) is 69.6 Å². The number of nitrogens with one attached hydrogen (secondary N) is 1. The maximum absolute atomic E-state index is 12.0.